The third kappa shape index (κ3) is 3.78. The molecule has 0 aromatic carbocycles. The first-order valence-corrected chi connectivity index (χ1v) is 7.93. The second-order valence-corrected chi connectivity index (χ2v) is 6.37. The maximum Gasteiger partial charge on any atom is 0.305 e. The fraction of sp³-hybridized carbons (Fsp3) is 0.875. The number of hydrogen-bond acceptors (Lipinski definition) is 6. The highest BCUT2D eigenvalue weighted by Gasteiger charge is 2.52. The van der Waals surface area contributed by atoms with Gasteiger partial charge in [-0.1, -0.05) is 0 Å². The number of nitrogens with zero attached hydrogens (tertiary/aromatic N) is 1. The molecule has 2 unspecified atom stereocenters. The molecule has 2 fully saturated rings. The first-order chi connectivity index (χ1) is 10.5. The smallest absolute Gasteiger partial charge is 0.305 e. The maximum atomic E-state index is 11.2. The number of fused-ring (bicyclic) bond motifs is 1. The summed E-state index contributed by atoms with van der Waals surface area (Å²) in [6.07, 6.45) is 3.57. The van der Waals surface area contributed by atoms with Gasteiger partial charge in [0.1, 0.15) is 5.60 Å². The Labute approximate surface area is 131 Å². The summed E-state index contributed by atoms with van der Waals surface area (Å²) in [6, 6.07) is 2.23. The van der Waals surface area contributed by atoms with Crippen molar-refractivity contribution in [2.24, 2.45) is 5.92 Å². The Morgan fingerprint density at radius 3 is 2.91 bits per heavy atom. The number of hydrogen-bond donors (Lipinski definition) is 1. The van der Waals surface area contributed by atoms with Crippen LogP contribution in [0.15, 0.2) is 0 Å². The average Bonchev–Trinajstić information content (AvgIpc) is 2.90. The van der Waals surface area contributed by atoms with Gasteiger partial charge in [-0.15, -0.1) is 0 Å². The van der Waals surface area contributed by atoms with Crippen molar-refractivity contribution in [2.45, 2.75) is 69.4 Å². The lowest BCUT2D eigenvalue weighted by Crippen LogP contribution is -2.51. The zero-order valence-electron chi connectivity index (χ0n) is 13.3. The van der Waals surface area contributed by atoms with Crippen molar-refractivity contribution in [1.29, 1.82) is 5.26 Å². The summed E-state index contributed by atoms with van der Waals surface area (Å²) >= 11 is 0. The van der Waals surface area contributed by atoms with E-state index in [1.54, 1.807) is 0 Å². The van der Waals surface area contributed by atoms with Crippen LogP contribution < -0.4 is 0 Å². The number of carbonyl (C=O) groups is 1. The Kier molecular flexibility index (Phi) is 5.79. The van der Waals surface area contributed by atoms with E-state index >= 15 is 0 Å². The molecular weight excluding hydrogens is 286 g/mol. The molecule has 0 saturated carbocycles. The van der Waals surface area contributed by atoms with Gasteiger partial charge in [-0.25, -0.2) is 0 Å². The minimum Gasteiger partial charge on any atom is -0.469 e. The molecule has 22 heavy (non-hydrogen) atoms. The fourth-order valence-corrected chi connectivity index (χ4v) is 3.47. The van der Waals surface area contributed by atoms with E-state index in [1.165, 1.54) is 7.11 Å². The monoisotopic (exact) mass is 311 g/mol. The first kappa shape index (κ1) is 17.2. The molecule has 0 amide bonds. The van der Waals surface area contributed by atoms with Crippen LogP contribution in [-0.2, 0) is 19.0 Å². The largest absolute Gasteiger partial charge is 0.469 e. The molecule has 2 aliphatic heterocycles. The molecule has 1 N–H and O–H groups in total. The number of nitriles is 1. The number of carbonyl (C=O) groups excluding carboxylic acids is 1. The normalized spacial score (nSPS) is 35.5. The van der Waals surface area contributed by atoms with Crippen molar-refractivity contribution < 1.29 is 24.1 Å². The Morgan fingerprint density at radius 2 is 2.27 bits per heavy atom. The third-order valence-electron chi connectivity index (χ3n) is 4.67. The molecule has 6 heteroatoms. The van der Waals surface area contributed by atoms with Crippen molar-refractivity contribution in [3.05, 3.63) is 0 Å². The van der Waals surface area contributed by atoms with E-state index in [2.05, 4.69) is 10.8 Å². The SMILES string of the molecule is COC(=O)CCC1CC2(CO)O[C@@H](C[C@@H](C)C#N)CC[C@@H]2O1. The molecule has 5 atom stereocenters. The third-order valence-corrected chi connectivity index (χ3v) is 4.67. The topological polar surface area (TPSA) is 88.8 Å². The fourth-order valence-electron chi connectivity index (χ4n) is 3.47. The van der Waals surface area contributed by atoms with Gasteiger partial charge in [0.15, 0.2) is 0 Å². The zero-order chi connectivity index (χ0) is 16.2. The van der Waals surface area contributed by atoms with Crippen LogP contribution >= 0.6 is 0 Å². The van der Waals surface area contributed by atoms with Gasteiger partial charge in [0.2, 0.25) is 0 Å². The highest BCUT2D eigenvalue weighted by atomic mass is 16.6. The van der Waals surface area contributed by atoms with E-state index in [4.69, 9.17) is 14.7 Å². The summed E-state index contributed by atoms with van der Waals surface area (Å²) < 4.78 is 16.8. The molecule has 0 aliphatic carbocycles. The van der Waals surface area contributed by atoms with E-state index in [1.807, 2.05) is 6.92 Å². The van der Waals surface area contributed by atoms with E-state index in [9.17, 15) is 9.90 Å². The molecule has 0 spiro atoms. The van der Waals surface area contributed by atoms with Crippen LogP contribution in [0.4, 0.5) is 0 Å². The predicted octanol–water partition coefficient (Wildman–Crippen LogP) is 1.56. The van der Waals surface area contributed by atoms with Gasteiger partial charge in [-0.3, -0.25) is 4.79 Å². The van der Waals surface area contributed by atoms with Gasteiger partial charge in [0.25, 0.3) is 0 Å². The lowest BCUT2D eigenvalue weighted by molar-refractivity contribution is -0.185. The Bertz CT molecular complexity index is 435. The molecule has 2 saturated heterocycles. The van der Waals surface area contributed by atoms with Crippen molar-refractivity contribution in [3.8, 4) is 6.07 Å². The predicted molar refractivity (Wildman–Crippen MR) is 77.8 cm³/mol. The van der Waals surface area contributed by atoms with Gasteiger partial charge in [-0.2, -0.15) is 5.26 Å². The van der Waals surface area contributed by atoms with Crippen LogP contribution in [0.3, 0.4) is 0 Å². The Hall–Kier alpha value is -1.16. The summed E-state index contributed by atoms with van der Waals surface area (Å²) in [5.74, 6) is -0.312. The van der Waals surface area contributed by atoms with Gasteiger partial charge < -0.3 is 19.3 Å². The average molecular weight is 311 g/mol. The van der Waals surface area contributed by atoms with E-state index < -0.39 is 5.60 Å². The van der Waals surface area contributed by atoms with Gasteiger partial charge >= 0.3 is 5.97 Å². The summed E-state index contributed by atoms with van der Waals surface area (Å²) in [5.41, 5.74) is -0.682. The number of aliphatic hydroxyl groups is 1. The number of aliphatic hydroxyl groups excluding tert-OH is 1. The van der Waals surface area contributed by atoms with Crippen LogP contribution in [0.25, 0.3) is 0 Å². The second kappa shape index (κ2) is 7.40. The summed E-state index contributed by atoms with van der Waals surface area (Å²) in [4.78, 5) is 11.2. The minimum atomic E-state index is -0.682. The molecule has 2 heterocycles. The number of methoxy groups -OCH3 is 1. The summed E-state index contributed by atoms with van der Waals surface area (Å²) in [5, 5.41) is 18.8. The van der Waals surface area contributed by atoms with Crippen LogP contribution in [0.1, 0.15) is 45.4 Å². The highest BCUT2D eigenvalue weighted by Crippen LogP contribution is 2.43. The lowest BCUT2D eigenvalue weighted by atomic mass is 9.85. The summed E-state index contributed by atoms with van der Waals surface area (Å²) in [7, 11) is 1.37. The second-order valence-electron chi connectivity index (χ2n) is 6.37. The molecule has 6 nitrogen and oxygen atoms in total. The van der Waals surface area contributed by atoms with Crippen molar-refractivity contribution in [2.75, 3.05) is 13.7 Å². The standard InChI is InChI=1S/C16H25NO5/c1-11(9-17)7-12-3-5-14-16(10-18,22-12)8-13(21-14)4-6-15(19)20-2/h11-14,18H,3-8,10H2,1-2H3/t11-,12-,13?,14+,16?/m1/s1. The Balaban J connectivity index is 1.94. The van der Waals surface area contributed by atoms with Crippen LogP contribution in [0, 0.1) is 17.2 Å². The van der Waals surface area contributed by atoms with Crippen LogP contribution in [-0.4, -0.2) is 48.7 Å². The maximum absolute atomic E-state index is 11.2. The molecule has 124 valence electrons. The number of esters is 1. The molecule has 0 radical (unpaired) electrons. The molecule has 0 bridgehead atoms. The minimum absolute atomic E-state index is 0.0130. The van der Waals surface area contributed by atoms with Crippen molar-refractivity contribution in [1.82, 2.24) is 0 Å². The number of rotatable bonds is 6. The molecule has 2 aliphatic rings. The zero-order valence-corrected chi connectivity index (χ0v) is 13.3. The van der Waals surface area contributed by atoms with Gasteiger partial charge in [-0.05, 0) is 32.6 Å². The van der Waals surface area contributed by atoms with Gasteiger partial charge in [0.05, 0.1) is 38.1 Å². The molecule has 2 rings (SSSR count). The van der Waals surface area contributed by atoms with Crippen LogP contribution in [0.5, 0.6) is 0 Å². The molecular formula is C16H25NO5. The quantitative estimate of drug-likeness (QED) is 0.749. The summed E-state index contributed by atoms with van der Waals surface area (Å²) in [6.45, 7) is 1.79. The van der Waals surface area contributed by atoms with E-state index in [-0.39, 0.29) is 36.8 Å². The van der Waals surface area contributed by atoms with Crippen molar-refractivity contribution >= 4 is 5.97 Å². The molecule has 0 aromatic heterocycles. The lowest BCUT2D eigenvalue weighted by Gasteiger charge is -2.41. The highest BCUT2D eigenvalue weighted by molar-refractivity contribution is 5.69. The Morgan fingerprint density at radius 1 is 1.50 bits per heavy atom. The van der Waals surface area contributed by atoms with Gasteiger partial charge in [0, 0.05) is 18.8 Å². The number of ether oxygens (including phenoxy) is 3. The van der Waals surface area contributed by atoms with Crippen LogP contribution in [0.2, 0.25) is 0 Å². The van der Waals surface area contributed by atoms with E-state index in [0.717, 1.165) is 12.8 Å². The molecule has 0 aromatic rings. The first-order valence-electron chi connectivity index (χ1n) is 7.93. The van der Waals surface area contributed by atoms with E-state index in [0.29, 0.717) is 25.7 Å². The van der Waals surface area contributed by atoms with Crippen molar-refractivity contribution in [3.63, 3.8) is 0 Å².